The minimum atomic E-state index is -1.65. The first-order valence-corrected chi connectivity index (χ1v) is 23.7. The van der Waals surface area contributed by atoms with E-state index in [-0.39, 0.29) is 95.1 Å². The summed E-state index contributed by atoms with van der Waals surface area (Å²) in [5, 5.41) is 37.1. The van der Waals surface area contributed by atoms with Crippen molar-refractivity contribution in [3.05, 3.63) is 0 Å². The Morgan fingerprint density at radius 2 is 0.873 bits per heavy atom. The summed E-state index contributed by atoms with van der Waals surface area (Å²) < 4.78 is 0. The van der Waals surface area contributed by atoms with Gasteiger partial charge in [-0.25, -0.2) is 0 Å². The van der Waals surface area contributed by atoms with Crippen LogP contribution in [0.4, 0.5) is 0 Å². The van der Waals surface area contributed by atoms with E-state index in [0.29, 0.717) is 0 Å². The number of nitrogens with zero attached hydrogens (tertiary/aromatic N) is 2. The Hall–Kier alpha value is -7.47. The number of carbonyl (C=O) groups excluding carboxylic acids is 10. The molecule has 0 aromatic carbocycles. The van der Waals surface area contributed by atoms with Crippen molar-refractivity contribution in [2.24, 2.45) is 44.4 Å². The lowest BCUT2D eigenvalue weighted by atomic mass is 10.0. The van der Waals surface area contributed by atoms with Crippen molar-refractivity contribution in [1.82, 2.24) is 42.5 Å². The molecule has 0 rings (SSSR count). The molecule has 0 saturated carbocycles. The van der Waals surface area contributed by atoms with Gasteiger partial charge in [0.05, 0.1) is 0 Å². The van der Waals surface area contributed by atoms with E-state index in [0.717, 1.165) is 6.92 Å². The minimum Gasteiger partial charge on any atom is -0.481 e. The fourth-order valence-electron chi connectivity index (χ4n) is 6.14. The zero-order valence-corrected chi connectivity index (χ0v) is 40.6. The number of aliphatic imine (C=N–C) groups is 2. The standard InChI is InChI=1S/C40H70N16O14S/c1-21(57)51-24(10-13-29(59)47-16-5-8-31(61)62)35(67)55-26(11-14-30(60)50-20-32(63)64)37(69)56-27(15-19-71-2)38(70)54-25(9-12-28(41)58)36(68)53-23(7-4-18-49-40(45)46)34(66)52-22(33(42)65)6-3-17-48-39(43)44/h22-27H,3-20H2,1-2H3,(H2,41,58)(H2,42,65)(H,47,59)(H,50,60)(H,51,57)(H,52,66)(H,53,68)(H,54,70)(H,55,67)(H,56,69)(H,61,62)(H,63,64)(H4,43,44,48)(H4,45,46,49). The number of primary amides is 2. The highest BCUT2D eigenvalue weighted by molar-refractivity contribution is 7.98. The maximum Gasteiger partial charge on any atom is 0.322 e. The largest absolute Gasteiger partial charge is 0.481 e. The number of carboxylic acid groups (broad SMARTS) is 2. The van der Waals surface area contributed by atoms with Crippen molar-refractivity contribution in [3.8, 4) is 0 Å². The summed E-state index contributed by atoms with van der Waals surface area (Å²) in [5.74, 6) is -11.5. The van der Waals surface area contributed by atoms with Crippen molar-refractivity contribution in [3.63, 3.8) is 0 Å². The molecule has 6 atom stereocenters. The molecule has 0 saturated heterocycles. The van der Waals surface area contributed by atoms with Crippen LogP contribution in [0.1, 0.15) is 90.4 Å². The Balaban J connectivity index is 6.71. The number of rotatable bonds is 38. The fraction of sp³-hybridized carbons (Fsp3) is 0.650. The van der Waals surface area contributed by atoms with Crippen LogP contribution < -0.4 is 76.9 Å². The maximum atomic E-state index is 14.0. The maximum absolute atomic E-state index is 14.0. The second-order valence-electron chi connectivity index (χ2n) is 15.7. The summed E-state index contributed by atoms with van der Waals surface area (Å²) in [6.07, 6.45) is -0.833. The summed E-state index contributed by atoms with van der Waals surface area (Å²) in [5.41, 5.74) is 32.4. The molecule has 0 heterocycles. The Bertz CT molecular complexity index is 1920. The minimum absolute atomic E-state index is 0.00283. The molecule has 0 aliphatic carbocycles. The van der Waals surface area contributed by atoms with Gasteiger partial charge in [0.2, 0.25) is 59.1 Å². The lowest BCUT2D eigenvalue weighted by Crippen LogP contribution is -2.59. The van der Waals surface area contributed by atoms with Gasteiger partial charge >= 0.3 is 11.9 Å². The highest BCUT2D eigenvalue weighted by Gasteiger charge is 2.33. The predicted molar refractivity (Wildman–Crippen MR) is 257 cm³/mol. The Kier molecular flexibility index (Phi) is 31.9. The molecule has 30 nitrogen and oxygen atoms in total. The summed E-state index contributed by atoms with van der Waals surface area (Å²) in [4.78, 5) is 160. The average Bonchev–Trinajstić information content (AvgIpc) is 3.28. The SMILES string of the molecule is CSCCC(NC(=O)C(CCC(=O)NCC(=O)O)NC(=O)C(CCC(=O)NCCCC(=O)O)NC(C)=O)C(=O)NC(CCC(N)=O)C(=O)NC(CCCN=C(N)N)C(=O)NC(CCCN=C(N)N)C(N)=O. The number of hydrogen-bond donors (Lipinski definition) is 16. The van der Waals surface area contributed by atoms with Crippen LogP contribution in [0.5, 0.6) is 0 Å². The smallest absolute Gasteiger partial charge is 0.322 e. The van der Waals surface area contributed by atoms with E-state index >= 15 is 0 Å². The molecule has 0 bridgehead atoms. The molecular weight excluding hydrogens is 961 g/mol. The van der Waals surface area contributed by atoms with Crippen molar-refractivity contribution < 1.29 is 67.7 Å². The first kappa shape index (κ1) is 63.5. The van der Waals surface area contributed by atoms with Crippen LogP contribution in [0.15, 0.2) is 9.98 Å². The van der Waals surface area contributed by atoms with E-state index in [1.54, 1.807) is 6.26 Å². The molecule has 22 N–H and O–H groups in total. The third kappa shape index (κ3) is 31.3. The molecule has 10 amide bonds. The van der Waals surface area contributed by atoms with E-state index in [2.05, 4.69) is 52.5 Å². The molecule has 0 spiro atoms. The lowest BCUT2D eigenvalue weighted by Gasteiger charge is -2.27. The fourth-order valence-corrected chi connectivity index (χ4v) is 6.61. The van der Waals surface area contributed by atoms with Gasteiger partial charge in [0.25, 0.3) is 0 Å². The van der Waals surface area contributed by atoms with Crippen molar-refractivity contribution in [2.75, 3.05) is 38.2 Å². The number of aliphatic carboxylic acids is 2. The Morgan fingerprint density at radius 1 is 0.479 bits per heavy atom. The van der Waals surface area contributed by atoms with Gasteiger partial charge in [-0.15, -0.1) is 0 Å². The zero-order chi connectivity index (χ0) is 54.1. The quantitative estimate of drug-likeness (QED) is 0.0155. The van der Waals surface area contributed by atoms with E-state index < -0.39 is 139 Å². The third-order valence-electron chi connectivity index (χ3n) is 9.71. The van der Waals surface area contributed by atoms with Gasteiger partial charge in [0.1, 0.15) is 42.8 Å². The number of thioether (sulfide) groups is 1. The van der Waals surface area contributed by atoms with Crippen LogP contribution in [0, 0.1) is 0 Å². The van der Waals surface area contributed by atoms with Gasteiger partial charge in [-0.1, -0.05) is 0 Å². The van der Waals surface area contributed by atoms with Gasteiger partial charge in [-0.3, -0.25) is 67.5 Å². The first-order valence-electron chi connectivity index (χ1n) is 22.3. The van der Waals surface area contributed by atoms with Crippen molar-refractivity contribution in [1.29, 1.82) is 0 Å². The Morgan fingerprint density at radius 3 is 1.27 bits per heavy atom. The predicted octanol–water partition coefficient (Wildman–Crippen LogP) is -6.73. The zero-order valence-electron chi connectivity index (χ0n) is 39.8. The van der Waals surface area contributed by atoms with E-state index in [9.17, 15) is 57.5 Å². The number of carbonyl (C=O) groups is 12. The summed E-state index contributed by atoms with van der Waals surface area (Å²) in [6, 6.07) is -8.80. The number of nitrogens with two attached hydrogens (primary N) is 6. The number of hydrogen-bond acceptors (Lipinski definition) is 15. The second-order valence-corrected chi connectivity index (χ2v) is 16.7. The highest BCUT2D eigenvalue weighted by Crippen LogP contribution is 2.10. The Labute approximate surface area is 413 Å². The molecule has 0 aliphatic rings. The molecule has 0 radical (unpaired) electrons. The van der Waals surface area contributed by atoms with Crippen LogP contribution in [0.2, 0.25) is 0 Å². The normalized spacial score (nSPS) is 13.1. The molecule has 0 aliphatic heterocycles. The van der Waals surface area contributed by atoms with Gasteiger partial charge in [-0.05, 0) is 69.8 Å². The first-order chi connectivity index (χ1) is 33.4. The molecule has 71 heavy (non-hydrogen) atoms. The lowest BCUT2D eigenvalue weighted by molar-refractivity contribution is -0.138. The summed E-state index contributed by atoms with van der Waals surface area (Å²) in [6.45, 7) is 0.432. The monoisotopic (exact) mass is 1030 g/mol. The average molecular weight is 1030 g/mol. The highest BCUT2D eigenvalue weighted by atomic mass is 32.2. The molecule has 0 aromatic rings. The van der Waals surface area contributed by atoms with Gasteiger partial charge in [-0.2, -0.15) is 11.8 Å². The molecule has 400 valence electrons. The molecule has 6 unspecified atom stereocenters. The van der Waals surface area contributed by atoms with Crippen molar-refractivity contribution in [2.45, 2.75) is 127 Å². The molecule has 31 heteroatoms. The molecular formula is C40H70N16O14S. The van der Waals surface area contributed by atoms with Gasteiger partial charge in [0, 0.05) is 52.2 Å². The topological polar surface area (TPSA) is 522 Å². The van der Waals surface area contributed by atoms with E-state index in [1.807, 2.05) is 0 Å². The second kappa shape index (κ2) is 35.6. The van der Waals surface area contributed by atoms with Crippen LogP contribution in [0.3, 0.4) is 0 Å². The van der Waals surface area contributed by atoms with Crippen molar-refractivity contribution >= 4 is 94.7 Å². The van der Waals surface area contributed by atoms with Crippen LogP contribution in [0.25, 0.3) is 0 Å². The number of nitrogens with one attached hydrogen (secondary N) is 8. The van der Waals surface area contributed by atoms with Crippen LogP contribution in [-0.2, 0) is 57.5 Å². The number of carboxylic acids is 2. The summed E-state index contributed by atoms with van der Waals surface area (Å²) >= 11 is 1.26. The molecule has 0 fully saturated rings. The summed E-state index contributed by atoms with van der Waals surface area (Å²) in [7, 11) is 0. The van der Waals surface area contributed by atoms with Gasteiger partial charge in [0.15, 0.2) is 11.9 Å². The van der Waals surface area contributed by atoms with E-state index in [1.165, 1.54) is 11.8 Å². The third-order valence-corrected chi connectivity index (χ3v) is 10.4. The van der Waals surface area contributed by atoms with Crippen LogP contribution in [-0.4, -0.2) is 168 Å². The van der Waals surface area contributed by atoms with Crippen LogP contribution >= 0.6 is 11.8 Å². The number of guanidine groups is 2. The van der Waals surface area contributed by atoms with Gasteiger partial charge < -0.3 is 87.1 Å². The number of amides is 10. The van der Waals surface area contributed by atoms with E-state index in [4.69, 9.17) is 44.6 Å². The molecule has 0 aromatic heterocycles.